The van der Waals surface area contributed by atoms with Crippen LogP contribution >= 0.6 is 0 Å². The van der Waals surface area contributed by atoms with Crippen LogP contribution in [0.4, 0.5) is 0 Å². The Bertz CT molecular complexity index is 573. The molecular formula is C18H20O. The summed E-state index contributed by atoms with van der Waals surface area (Å²) in [5.74, 6) is 0.303. The Labute approximate surface area is 114 Å². The van der Waals surface area contributed by atoms with Gasteiger partial charge < -0.3 is 5.11 Å². The quantitative estimate of drug-likeness (QED) is 0.884. The summed E-state index contributed by atoms with van der Waals surface area (Å²) < 4.78 is 0. The zero-order valence-corrected chi connectivity index (χ0v) is 11.3. The highest BCUT2D eigenvalue weighted by molar-refractivity contribution is 5.36. The Balaban J connectivity index is 1.77. The number of hydrogen-bond acceptors (Lipinski definition) is 1. The molecule has 2 atom stereocenters. The third-order valence-corrected chi connectivity index (χ3v) is 4.17. The van der Waals surface area contributed by atoms with Crippen molar-refractivity contribution in [1.29, 1.82) is 0 Å². The van der Waals surface area contributed by atoms with Crippen molar-refractivity contribution in [3.8, 4) is 0 Å². The van der Waals surface area contributed by atoms with Crippen LogP contribution in [0, 0.1) is 6.92 Å². The van der Waals surface area contributed by atoms with Gasteiger partial charge in [-0.1, -0.05) is 54.1 Å². The first-order chi connectivity index (χ1) is 9.24. The maximum Gasteiger partial charge on any atom is 0.0649 e. The highest BCUT2D eigenvalue weighted by atomic mass is 16.3. The second kappa shape index (κ2) is 5.18. The average molecular weight is 252 g/mol. The van der Waals surface area contributed by atoms with Crippen LogP contribution in [0.5, 0.6) is 0 Å². The Morgan fingerprint density at radius 3 is 2.84 bits per heavy atom. The summed E-state index contributed by atoms with van der Waals surface area (Å²) in [7, 11) is 0. The minimum Gasteiger partial charge on any atom is -0.392 e. The van der Waals surface area contributed by atoms with E-state index in [1.165, 1.54) is 22.3 Å². The fourth-order valence-electron chi connectivity index (χ4n) is 3.21. The van der Waals surface area contributed by atoms with Crippen LogP contribution in [-0.4, -0.2) is 11.2 Å². The molecule has 0 aromatic heterocycles. The van der Waals surface area contributed by atoms with Gasteiger partial charge in [0.2, 0.25) is 0 Å². The Hall–Kier alpha value is -1.60. The molecule has 2 unspecified atom stereocenters. The number of aliphatic hydroxyl groups excluding tert-OH is 1. The van der Waals surface area contributed by atoms with Crippen molar-refractivity contribution in [1.82, 2.24) is 0 Å². The van der Waals surface area contributed by atoms with Gasteiger partial charge in [-0.3, -0.25) is 0 Å². The molecule has 0 bridgehead atoms. The molecular weight excluding hydrogens is 232 g/mol. The first kappa shape index (κ1) is 12.4. The lowest BCUT2D eigenvalue weighted by Crippen LogP contribution is -2.19. The predicted octanol–water partition coefficient (Wildman–Crippen LogP) is 3.63. The van der Waals surface area contributed by atoms with E-state index in [0.29, 0.717) is 5.92 Å². The van der Waals surface area contributed by atoms with Crippen LogP contribution in [0.1, 0.15) is 34.6 Å². The van der Waals surface area contributed by atoms with E-state index in [-0.39, 0.29) is 6.10 Å². The third-order valence-electron chi connectivity index (χ3n) is 4.17. The largest absolute Gasteiger partial charge is 0.392 e. The fourth-order valence-corrected chi connectivity index (χ4v) is 3.21. The molecule has 0 heterocycles. The zero-order valence-electron chi connectivity index (χ0n) is 11.3. The van der Waals surface area contributed by atoms with Gasteiger partial charge in [0, 0.05) is 5.92 Å². The van der Waals surface area contributed by atoms with Crippen molar-refractivity contribution < 1.29 is 5.11 Å². The molecule has 0 fully saturated rings. The van der Waals surface area contributed by atoms with Crippen molar-refractivity contribution in [2.75, 3.05) is 0 Å². The summed E-state index contributed by atoms with van der Waals surface area (Å²) in [5.41, 5.74) is 5.26. The zero-order chi connectivity index (χ0) is 13.2. The Kier molecular flexibility index (Phi) is 3.39. The Morgan fingerprint density at radius 2 is 2.00 bits per heavy atom. The summed E-state index contributed by atoms with van der Waals surface area (Å²) in [4.78, 5) is 0. The maximum absolute atomic E-state index is 10.5. The highest BCUT2D eigenvalue weighted by Crippen LogP contribution is 2.36. The predicted molar refractivity (Wildman–Crippen MR) is 78.4 cm³/mol. The van der Waals surface area contributed by atoms with Crippen molar-refractivity contribution in [2.45, 2.75) is 38.2 Å². The summed E-state index contributed by atoms with van der Waals surface area (Å²) in [6, 6.07) is 17.0. The molecule has 0 aliphatic heterocycles. The van der Waals surface area contributed by atoms with Crippen molar-refractivity contribution in [3.05, 3.63) is 70.8 Å². The number of fused-ring (bicyclic) bond motifs is 1. The minimum absolute atomic E-state index is 0.273. The molecule has 1 nitrogen and oxygen atoms in total. The van der Waals surface area contributed by atoms with Crippen LogP contribution in [0.2, 0.25) is 0 Å². The van der Waals surface area contributed by atoms with Crippen LogP contribution in [-0.2, 0) is 12.8 Å². The molecule has 0 radical (unpaired) electrons. The maximum atomic E-state index is 10.5. The van der Waals surface area contributed by atoms with E-state index < -0.39 is 0 Å². The van der Waals surface area contributed by atoms with Gasteiger partial charge in [-0.25, -0.2) is 0 Å². The highest BCUT2D eigenvalue weighted by Gasteiger charge is 2.28. The van der Waals surface area contributed by atoms with Crippen LogP contribution in [0.3, 0.4) is 0 Å². The van der Waals surface area contributed by atoms with Gasteiger partial charge >= 0.3 is 0 Å². The SMILES string of the molecule is Cc1cccc(CC(O)C2CCc3ccccc32)c1. The van der Waals surface area contributed by atoms with Crippen LogP contribution in [0.25, 0.3) is 0 Å². The van der Waals surface area contributed by atoms with E-state index in [0.717, 1.165) is 19.3 Å². The fraction of sp³-hybridized carbons (Fsp3) is 0.333. The lowest BCUT2D eigenvalue weighted by molar-refractivity contribution is 0.143. The molecule has 2 aromatic rings. The van der Waals surface area contributed by atoms with E-state index >= 15 is 0 Å². The molecule has 98 valence electrons. The monoisotopic (exact) mass is 252 g/mol. The topological polar surface area (TPSA) is 20.2 Å². The third kappa shape index (κ3) is 2.57. The lowest BCUT2D eigenvalue weighted by Gasteiger charge is -2.19. The van der Waals surface area contributed by atoms with E-state index in [2.05, 4.69) is 55.5 Å². The van der Waals surface area contributed by atoms with Gasteiger partial charge in [0.15, 0.2) is 0 Å². The summed E-state index contributed by atoms with van der Waals surface area (Å²) in [6.07, 6.45) is 2.66. The number of benzene rings is 2. The van der Waals surface area contributed by atoms with E-state index in [1.54, 1.807) is 0 Å². The van der Waals surface area contributed by atoms with E-state index in [1.807, 2.05) is 0 Å². The molecule has 2 aromatic carbocycles. The van der Waals surface area contributed by atoms with Gasteiger partial charge in [-0.15, -0.1) is 0 Å². The molecule has 0 spiro atoms. The number of hydrogen-bond donors (Lipinski definition) is 1. The van der Waals surface area contributed by atoms with Crippen molar-refractivity contribution >= 4 is 0 Å². The first-order valence-corrected chi connectivity index (χ1v) is 7.05. The second-order valence-corrected chi connectivity index (χ2v) is 5.60. The molecule has 19 heavy (non-hydrogen) atoms. The summed E-state index contributed by atoms with van der Waals surface area (Å²) in [6.45, 7) is 2.10. The molecule has 0 amide bonds. The molecule has 3 rings (SSSR count). The van der Waals surface area contributed by atoms with Crippen LogP contribution in [0.15, 0.2) is 48.5 Å². The minimum atomic E-state index is -0.273. The molecule has 1 N–H and O–H groups in total. The van der Waals surface area contributed by atoms with Crippen LogP contribution < -0.4 is 0 Å². The van der Waals surface area contributed by atoms with Gasteiger partial charge in [-0.2, -0.15) is 0 Å². The van der Waals surface area contributed by atoms with Crippen molar-refractivity contribution in [3.63, 3.8) is 0 Å². The summed E-state index contributed by atoms with van der Waals surface area (Å²) in [5, 5.41) is 10.5. The second-order valence-electron chi connectivity index (χ2n) is 5.60. The molecule has 1 heteroatoms. The normalized spacial score (nSPS) is 19.2. The van der Waals surface area contributed by atoms with E-state index in [9.17, 15) is 5.11 Å². The number of aryl methyl sites for hydroxylation is 2. The lowest BCUT2D eigenvalue weighted by atomic mass is 9.91. The van der Waals surface area contributed by atoms with Gasteiger partial charge in [-0.05, 0) is 42.9 Å². The summed E-state index contributed by atoms with van der Waals surface area (Å²) >= 11 is 0. The van der Waals surface area contributed by atoms with Gasteiger partial charge in [0.25, 0.3) is 0 Å². The molecule has 1 aliphatic rings. The average Bonchev–Trinajstić information content (AvgIpc) is 2.82. The molecule has 0 saturated heterocycles. The number of rotatable bonds is 3. The molecule has 0 saturated carbocycles. The van der Waals surface area contributed by atoms with Gasteiger partial charge in [0.05, 0.1) is 6.10 Å². The Morgan fingerprint density at radius 1 is 1.16 bits per heavy atom. The smallest absolute Gasteiger partial charge is 0.0649 e. The first-order valence-electron chi connectivity index (χ1n) is 7.05. The number of aliphatic hydroxyl groups is 1. The van der Waals surface area contributed by atoms with Gasteiger partial charge in [0.1, 0.15) is 0 Å². The standard InChI is InChI=1S/C18H20O/c1-13-5-4-6-14(11-13)12-18(19)17-10-9-15-7-2-3-8-16(15)17/h2-8,11,17-19H,9-10,12H2,1H3. The van der Waals surface area contributed by atoms with E-state index in [4.69, 9.17) is 0 Å². The van der Waals surface area contributed by atoms with Crippen molar-refractivity contribution in [2.24, 2.45) is 0 Å². The molecule has 1 aliphatic carbocycles.